The fraction of sp³-hybridized carbons (Fsp3) is 0.211. The summed E-state index contributed by atoms with van der Waals surface area (Å²) in [5.41, 5.74) is 7.15. The van der Waals surface area contributed by atoms with Gasteiger partial charge in [0.25, 0.3) is 0 Å². The molecule has 0 aliphatic heterocycles. The first-order valence-electron chi connectivity index (χ1n) is 7.72. The van der Waals surface area contributed by atoms with Crippen LogP contribution in [0.3, 0.4) is 0 Å². The van der Waals surface area contributed by atoms with Gasteiger partial charge in [0.15, 0.2) is 5.82 Å². The fourth-order valence-electron chi connectivity index (χ4n) is 2.06. The Hall–Kier alpha value is -2.87. The van der Waals surface area contributed by atoms with Crippen LogP contribution in [0, 0.1) is 23.5 Å². The summed E-state index contributed by atoms with van der Waals surface area (Å²) in [4.78, 5) is 4.35. The fourth-order valence-corrected chi connectivity index (χ4v) is 2.06. The maximum atomic E-state index is 13.9. The molecule has 0 fully saturated rings. The molecule has 0 unspecified atom stereocenters. The molecule has 0 spiro atoms. The summed E-state index contributed by atoms with van der Waals surface area (Å²) in [6.45, 7) is 4.74. The summed E-state index contributed by atoms with van der Waals surface area (Å²) in [6, 6.07) is 4.08. The Bertz CT molecular complexity index is 817. The number of hydrogen-bond acceptors (Lipinski definition) is 3. The molecule has 0 saturated heterocycles. The lowest BCUT2D eigenvalue weighted by atomic mass is 10.1. The number of hydrogen-bond donors (Lipinski definition) is 2. The molecule has 0 amide bonds. The first kappa shape index (κ1) is 17.5. The summed E-state index contributed by atoms with van der Waals surface area (Å²) < 4.78 is 27.6. The van der Waals surface area contributed by atoms with E-state index in [9.17, 15) is 8.78 Å². The highest BCUT2D eigenvalue weighted by molar-refractivity contribution is 5.65. The molecule has 0 aliphatic carbocycles. The van der Waals surface area contributed by atoms with Crippen molar-refractivity contribution in [1.82, 2.24) is 4.98 Å². The largest absolute Gasteiger partial charge is 0.396 e. The highest BCUT2D eigenvalue weighted by Crippen LogP contribution is 2.19. The lowest BCUT2D eigenvalue weighted by Gasteiger charge is -2.07. The average Bonchev–Trinajstić information content (AvgIpc) is 2.58. The van der Waals surface area contributed by atoms with E-state index in [0.29, 0.717) is 5.56 Å². The van der Waals surface area contributed by atoms with Gasteiger partial charge < -0.3 is 11.1 Å². The van der Waals surface area contributed by atoms with Crippen LogP contribution in [0.2, 0.25) is 0 Å². The predicted molar refractivity (Wildman–Crippen MR) is 94.5 cm³/mol. The second-order valence-corrected chi connectivity index (χ2v) is 5.07. The molecule has 3 N–H and O–H groups in total. The maximum Gasteiger partial charge on any atom is 0.164 e. The van der Waals surface area contributed by atoms with E-state index in [4.69, 9.17) is 5.73 Å². The monoisotopic (exact) mass is 327 g/mol. The SMILES string of the molecule is CC/C=C/c1ncc(C#Cc2c(F)ccc(N)c2F)cc1NCC. The van der Waals surface area contributed by atoms with Crippen LogP contribution in [-0.2, 0) is 0 Å². The quantitative estimate of drug-likeness (QED) is 0.654. The van der Waals surface area contributed by atoms with Crippen LogP contribution in [-0.4, -0.2) is 11.5 Å². The molecular weight excluding hydrogens is 308 g/mol. The first-order valence-corrected chi connectivity index (χ1v) is 7.72. The summed E-state index contributed by atoms with van der Waals surface area (Å²) in [5, 5.41) is 3.21. The minimum absolute atomic E-state index is 0.132. The summed E-state index contributed by atoms with van der Waals surface area (Å²) in [6.07, 6.45) is 6.41. The number of benzene rings is 1. The molecule has 0 aliphatic rings. The van der Waals surface area contributed by atoms with Gasteiger partial charge in [0, 0.05) is 18.3 Å². The predicted octanol–water partition coefficient (Wildman–Crippen LogP) is 4.20. The maximum absolute atomic E-state index is 13.9. The van der Waals surface area contributed by atoms with Crippen molar-refractivity contribution in [2.75, 3.05) is 17.6 Å². The highest BCUT2D eigenvalue weighted by atomic mass is 19.1. The number of nitrogen functional groups attached to an aromatic ring is 1. The molecule has 0 bridgehead atoms. The average molecular weight is 327 g/mol. The van der Waals surface area contributed by atoms with Gasteiger partial charge in [-0.3, -0.25) is 4.98 Å². The molecule has 1 aromatic heterocycles. The van der Waals surface area contributed by atoms with Gasteiger partial charge in [-0.1, -0.05) is 24.8 Å². The molecule has 1 aromatic carbocycles. The molecule has 24 heavy (non-hydrogen) atoms. The molecule has 0 atom stereocenters. The molecule has 5 heteroatoms. The number of nitrogens with two attached hydrogens (primary N) is 1. The van der Waals surface area contributed by atoms with Crippen LogP contribution in [0.1, 0.15) is 37.1 Å². The van der Waals surface area contributed by atoms with E-state index in [2.05, 4.69) is 22.1 Å². The Kier molecular flexibility index (Phi) is 5.91. The van der Waals surface area contributed by atoms with E-state index in [0.717, 1.165) is 30.4 Å². The molecule has 124 valence electrons. The van der Waals surface area contributed by atoms with Gasteiger partial charge in [-0.15, -0.1) is 0 Å². The minimum Gasteiger partial charge on any atom is -0.396 e. The van der Waals surface area contributed by atoms with E-state index in [-0.39, 0.29) is 11.3 Å². The van der Waals surface area contributed by atoms with E-state index in [1.165, 1.54) is 6.07 Å². The molecule has 2 rings (SSSR count). The molecule has 3 nitrogen and oxygen atoms in total. The number of rotatable bonds is 4. The van der Waals surface area contributed by atoms with E-state index in [1.54, 1.807) is 12.3 Å². The normalized spacial score (nSPS) is 10.5. The van der Waals surface area contributed by atoms with Crippen molar-refractivity contribution in [2.45, 2.75) is 20.3 Å². The van der Waals surface area contributed by atoms with Crippen molar-refractivity contribution < 1.29 is 8.78 Å². The molecule has 0 saturated carbocycles. The van der Waals surface area contributed by atoms with Crippen LogP contribution in [0.4, 0.5) is 20.2 Å². The van der Waals surface area contributed by atoms with Crippen molar-refractivity contribution in [2.24, 2.45) is 0 Å². The number of aromatic nitrogens is 1. The summed E-state index contributed by atoms with van der Waals surface area (Å²) in [7, 11) is 0. The van der Waals surface area contributed by atoms with Crippen LogP contribution < -0.4 is 11.1 Å². The Labute approximate surface area is 140 Å². The van der Waals surface area contributed by atoms with Crippen LogP contribution in [0.15, 0.2) is 30.5 Å². The van der Waals surface area contributed by atoms with Gasteiger partial charge in [0.1, 0.15) is 5.82 Å². The van der Waals surface area contributed by atoms with Crippen LogP contribution in [0.5, 0.6) is 0 Å². The number of nitrogens with zero attached hydrogens (tertiary/aromatic N) is 1. The second kappa shape index (κ2) is 8.11. The van der Waals surface area contributed by atoms with E-state index in [1.807, 2.05) is 26.0 Å². The molecule has 2 aromatic rings. The molecule has 0 radical (unpaired) electrons. The summed E-state index contributed by atoms with van der Waals surface area (Å²) in [5.74, 6) is 3.66. The number of anilines is 2. The van der Waals surface area contributed by atoms with Gasteiger partial charge in [-0.05, 0) is 37.6 Å². The standard InChI is InChI=1S/C19H19F2N3/c1-3-5-6-17-18(23-4-2)11-13(12-24-17)7-8-14-15(20)9-10-16(22)19(14)21/h5-6,9-12,23H,3-4,22H2,1-2H3/b6-5+. The lowest BCUT2D eigenvalue weighted by Crippen LogP contribution is -2.01. The third-order valence-electron chi connectivity index (χ3n) is 3.25. The van der Waals surface area contributed by atoms with Crippen LogP contribution >= 0.6 is 0 Å². The lowest BCUT2D eigenvalue weighted by molar-refractivity contribution is 0.580. The number of nitrogens with one attached hydrogen (secondary N) is 1. The third-order valence-corrected chi connectivity index (χ3v) is 3.25. The number of pyridine rings is 1. The highest BCUT2D eigenvalue weighted by Gasteiger charge is 2.09. The van der Waals surface area contributed by atoms with Gasteiger partial charge in [0.2, 0.25) is 0 Å². The molecule has 1 heterocycles. The van der Waals surface area contributed by atoms with Crippen molar-refractivity contribution in [3.05, 3.63) is 58.9 Å². The first-order chi connectivity index (χ1) is 11.6. The zero-order chi connectivity index (χ0) is 17.5. The Morgan fingerprint density at radius 3 is 2.75 bits per heavy atom. The third kappa shape index (κ3) is 4.11. The van der Waals surface area contributed by atoms with E-state index >= 15 is 0 Å². The topological polar surface area (TPSA) is 50.9 Å². The number of allylic oxidation sites excluding steroid dienone is 1. The van der Waals surface area contributed by atoms with Gasteiger partial charge in [-0.25, -0.2) is 8.78 Å². The smallest absolute Gasteiger partial charge is 0.164 e. The van der Waals surface area contributed by atoms with Crippen molar-refractivity contribution >= 4 is 17.5 Å². The van der Waals surface area contributed by atoms with Gasteiger partial charge in [-0.2, -0.15) is 0 Å². The Morgan fingerprint density at radius 2 is 2.04 bits per heavy atom. The van der Waals surface area contributed by atoms with Gasteiger partial charge >= 0.3 is 0 Å². The Morgan fingerprint density at radius 1 is 1.25 bits per heavy atom. The molecular formula is C19H19F2N3. The number of halogens is 2. The summed E-state index contributed by atoms with van der Waals surface area (Å²) >= 11 is 0. The Balaban J connectivity index is 2.40. The van der Waals surface area contributed by atoms with Crippen molar-refractivity contribution in [3.8, 4) is 11.8 Å². The van der Waals surface area contributed by atoms with E-state index < -0.39 is 11.6 Å². The van der Waals surface area contributed by atoms with Crippen molar-refractivity contribution in [3.63, 3.8) is 0 Å². The van der Waals surface area contributed by atoms with Crippen molar-refractivity contribution in [1.29, 1.82) is 0 Å². The van der Waals surface area contributed by atoms with Crippen LogP contribution in [0.25, 0.3) is 6.08 Å². The van der Waals surface area contributed by atoms with Gasteiger partial charge in [0.05, 0.1) is 22.6 Å². The zero-order valence-electron chi connectivity index (χ0n) is 13.7. The minimum atomic E-state index is -0.843. The zero-order valence-corrected chi connectivity index (χ0v) is 13.7. The second-order valence-electron chi connectivity index (χ2n) is 5.07.